The lowest BCUT2D eigenvalue weighted by Gasteiger charge is -2.12. The van der Waals surface area contributed by atoms with E-state index in [0.717, 1.165) is 16.9 Å². The van der Waals surface area contributed by atoms with Crippen molar-refractivity contribution in [3.8, 4) is 0 Å². The van der Waals surface area contributed by atoms with Gasteiger partial charge in [0.05, 0.1) is 7.11 Å². The molecule has 0 saturated heterocycles. The number of benzene rings is 1. The van der Waals surface area contributed by atoms with Gasteiger partial charge in [-0.15, -0.1) is 0 Å². The fourth-order valence-electron chi connectivity index (χ4n) is 1.70. The van der Waals surface area contributed by atoms with E-state index in [4.69, 9.17) is 9.15 Å². The predicted molar refractivity (Wildman–Crippen MR) is 74.2 cm³/mol. The molecule has 6 heteroatoms. The molecule has 1 aromatic heterocycles. The normalized spacial score (nSPS) is 12.5. The zero-order valence-corrected chi connectivity index (χ0v) is 11.7. The van der Waals surface area contributed by atoms with Gasteiger partial charge in [-0.3, -0.25) is 4.79 Å². The highest BCUT2D eigenvalue weighted by molar-refractivity contribution is 7.99. The maximum atomic E-state index is 11.4. The lowest BCUT2D eigenvalue weighted by molar-refractivity contribution is -0.143. The molecule has 0 aliphatic rings. The van der Waals surface area contributed by atoms with Crippen LogP contribution in [0.2, 0.25) is 0 Å². The molecule has 0 radical (unpaired) electrons. The highest BCUT2D eigenvalue weighted by Gasteiger charge is 2.17. The van der Waals surface area contributed by atoms with Gasteiger partial charge < -0.3 is 14.5 Å². The molecule has 1 unspecified atom stereocenters. The predicted octanol–water partition coefficient (Wildman–Crippen LogP) is 2.07. The summed E-state index contributed by atoms with van der Waals surface area (Å²) in [7, 11) is 3.13. The van der Waals surface area contributed by atoms with Gasteiger partial charge in [0.25, 0.3) is 5.22 Å². The Labute approximate surface area is 115 Å². The second kappa shape index (κ2) is 6.58. The SMILES string of the molecule is CNC(CCSc1nc2ccccc2o1)C(=O)OC. The van der Waals surface area contributed by atoms with Crippen LogP contribution < -0.4 is 5.32 Å². The van der Waals surface area contributed by atoms with Crippen LogP contribution in [0.5, 0.6) is 0 Å². The van der Waals surface area contributed by atoms with Crippen LogP contribution in [-0.2, 0) is 9.53 Å². The number of nitrogens with one attached hydrogen (secondary N) is 1. The number of rotatable bonds is 6. The monoisotopic (exact) mass is 280 g/mol. The van der Waals surface area contributed by atoms with Gasteiger partial charge in [-0.2, -0.15) is 0 Å². The molecule has 1 heterocycles. The molecular weight excluding hydrogens is 264 g/mol. The fraction of sp³-hybridized carbons (Fsp3) is 0.385. The molecule has 0 fully saturated rings. The number of carbonyl (C=O) groups is 1. The van der Waals surface area contributed by atoms with Gasteiger partial charge in [0.1, 0.15) is 11.6 Å². The lowest BCUT2D eigenvalue weighted by Crippen LogP contribution is -2.35. The zero-order chi connectivity index (χ0) is 13.7. The Morgan fingerprint density at radius 2 is 2.32 bits per heavy atom. The lowest BCUT2D eigenvalue weighted by atomic mass is 10.2. The molecule has 0 bridgehead atoms. The standard InChI is InChI=1S/C13H16N2O3S/c1-14-10(12(16)17-2)7-8-19-13-15-9-5-3-4-6-11(9)18-13/h3-6,10,14H,7-8H2,1-2H3. The van der Waals surface area contributed by atoms with Gasteiger partial charge in [-0.25, -0.2) is 4.98 Å². The van der Waals surface area contributed by atoms with E-state index < -0.39 is 0 Å². The summed E-state index contributed by atoms with van der Waals surface area (Å²) in [5, 5.41) is 3.55. The summed E-state index contributed by atoms with van der Waals surface area (Å²) in [6, 6.07) is 7.34. The summed E-state index contributed by atoms with van der Waals surface area (Å²) in [4.78, 5) is 15.8. The van der Waals surface area contributed by atoms with Crippen LogP contribution in [0.15, 0.2) is 33.9 Å². The summed E-state index contributed by atoms with van der Waals surface area (Å²) in [6.45, 7) is 0. The first-order valence-electron chi connectivity index (χ1n) is 5.98. The van der Waals surface area contributed by atoms with E-state index in [1.165, 1.54) is 18.9 Å². The molecule has 0 aliphatic heterocycles. The Kier molecular flexibility index (Phi) is 4.81. The summed E-state index contributed by atoms with van der Waals surface area (Å²) in [5.74, 6) is 0.480. The maximum Gasteiger partial charge on any atom is 0.322 e. The van der Waals surface area contributed by atoms with Crippen molar-refractivity contribution in [1.82, 2.24) is 10.3 Å². The van der Waals surface area contributed by atoms with E-state index >= 15 is 0 Å². The Balaban J connectivity index is 1.90. The molecule has 0 spiro atoms. The van der Waals surface area contributed by atoms with Crippen molar-refractivity contribution in [2.24, 2.45) is 0 Å². The highest BCUT2D eigenvalue weighted by atomic mass is 32.2. The Morgan fingerprint density at radius 3 is 3.00 bits per heavy atom. The first-order valence-corrected chi connectivity index (χ1v) is 6.96. The van der Waals surface area contributed by atoms with Crippen molar-refractivity contribution in [2.75, 3.05) is 19.9 Å². The van der Waals surface area contributed by atoms with Gasteiger partial charge in [-0.05, 0) is 25.6 Å². The number of ether oxygens (including phenoxy) is 1. The molecule has 2 aromatic rings. The second-order valence-electron chi connectivity index (χ2n) is 3.95. The molecule has 0 saturated carbocycles. The Morgan fingerprint density at radius 1 is 1.53 bits per heavy atom. The first-order chi connectivity index (χ1) is 9.24. The van der Waals surface area contributed by atoms with E-state index in [1.807, 2.05) is 24.3 Å². The molecule has 0 amide bonds. The van der Waals surface area contributed by atoms with E-state index in [2.05, 4.69) is 10.3 Å². The summed E-state index contributed by atoms with van der Waals surface area (Å²) >= 11 is 1.49. The van der Waals surface area contributed by atoms with Crippen LogP contribution in [0.3, 0.4) is 0 Å². The minimum absolute atomic E-state index is 0.249. The quantitative estimate of drug-likeness (QED) is 0.645. The Hall–Kier alpha value is -1.53. The van der Waals surface area contributed by atoms with Crippen molar-refractivity contribution in [3.63, 3.8) is 0 Å². The van der Waals surface area contributed by atoms with Crippen molar-refractivity contribution in [1.29, 1.82) is 0 Å². The van der Waals surface area contributed by atoms with Crippen molar-refractivity contribution >= 4 is 28.8 Å². The van der Waals surface area contributed by atoms with Crippen LogP contribution >= 0.6 is 11.8 Å². The van der Waals surface area contributed by atoms with Gasteiger partial charge in [-0.1, -0.05) is 23.9 Å². The van der Waals surface area contributed by atoms with Crippen LogP contribution in [0.4, 0.5) is 0 Å². The second-order valence-corrected chi connectivity index (χ2v) is 5.00. The molecule has 1 aromatic carbocycles. The van der Waals surface area contributed by atoms with Crippen LogP contribution in [-0.4, -0.2) is 36.9 Å². The fourth-order valence-corrected chi connectivity index (χ4v) is 2.54. The minimum atomic E-state index is -0.290. The molecule has 19 heavy (non-hydrogen) atoms. The molecule has 0 aliphatic carbocycles. The summed E-state index contributed by atoms with van der Waals surface area (Å²) < 4.78 is 10.3. The number of fused-ring (bicyclic) bond motifs is 1. The smallest absolute Gasteiger partial charge is 0.322 e. The first kappa shape index (κ1) is 13.9. The van der Waals surface area contributed by atoms with Crippen LogP contribution in [0, 0.1) is 0 Å². The van der Waals surface area contributed by atoms with E-state index in [-0.39, 0.29) is 12.0 Å². The molecular formula is C13H16N2O3S. The number of carbonyl (C=O) groups excluding carboxylic acids is 1. The number of esters is 1. The number of hydrogen-bond acceptors (Lipinski definition) is 6. The van der Waals surface area contributed by atoms with Crippen molar-refractivity contribution in [3.05, 3.63) is 24.3 Å². The largest absolute Gasteiger partial charge is 0.468 e. The van der Waals surface area contributed by atoms with Crippen molar-refractivity contribution in [2.45, 2.75) is 17.7 Å². The molecule has 1 N–H and O–H groups in total. The average molecular weight is 280 g/mol. The third kappa shape index (κ3) is 3.48. The van der Waals surface area contributed by atoms with Crippen LogP contribution in [0.25, 0.3) is 11.1 Å². The third-order valence-corrected chi connectivity index (χ3v) is 3.60. The number of thioether (sulfide) groups is 1. The zero-order valence-electron chi connectivity index (χ0n) is 10.9. The number of para-hydroxylation sites is 2. The number of nitrogens with zero attached hydrogens (tertiary/aromatic N) is 1. The number of likely N-dealkylation sites (N-methyl/N-ethyl adjacent to an activating group) is 1. The van der Waals surface area contributed by atoms with E-state index in [9.17, 15) is 4.79 Å². The number of aromatic nitrogens is 1. The van der Waals surface area contributed by atoms with Gasteiger partial charge in [0.2, 0.25) is 0 Å². The molecule has 1 atom stereocenters. The van der Waals surface area contributed by atoms with Gasteiger partial charge in [0.15, 0.2) is 5.58 Å². The molecule has 102 valence electrons. The van der Waals surface area contributed by atoms with E-state index in [1.54, 1.807) is 7.05 Å². The number of hydrogen-bond donors (Lipinski definition) is 1. The summed E-state index contributed by atoms with van der Waals surface area (Å²) in [6.07, 6.45) is 0.659. The minimum Gasteiger partial charge on any atom is -0.468 e. The van der Waals surface area contributed by atoms with Gasteiger partial charge in [0, 0.05) is 5.75 Å². The van der Waals surface area contributed by atoms with E-state index in [0.29, 0.717) is 11.6 Å². The highest BCUT2D eigenvalue weighted by Crippen LogP contribution is 2.23. The van der Waals surface area contributed by atoms with Crippen molar-refractivity contribution < 1.29 is 13.9 Å². The topological polar surface area (TPSA) is 64.4 Å². The maximum absolute atomic E-state index is 11.4. The molecule has 5 nitrogen and oxygen atoms in total. The number of oxazole rings is 1. The van der Waals surface area contributed by atoms with Gasteiger partial charge >= 0.3 is 5.97 Å². The molecule has 2 rings (SSSR count). The number of methoxy groups -OCH3 is 1. The third-order valence-electron chi connectivity index (χ3n) is 2.74. The summed E-state index contributed by atoms with van der Waals surface area (Å²) in [5.41, 5.74) is 1.63. The van der Waals surface area contributed by atoms with Crippen LogP contribution in [0.1, 0.15) is 6.42 Å². The Bertz CT molecular complexity index is 523. The average Bonchev–Trinajstić information content (AvgIpc) is 2.85.